The number of para-hydroxylation sites is 1. The monoisotopic (exact) mass is 316 g/mol. The molecule has 3 rings (SSSR count). The van der Waals surface area contributed by atoms with Crippen molar-refractivity contribution in [1.29, 1.82) is 0 Å². The molecule has 3 aromatic rings. The number of carbonyl (C=O) groups is 1. The Bertz CT molecular complexity index is 858. The number of fused-ring (bicyclic) bond motifs is 1. The van der Waals surface area contributed by atoms with Gasteiger partial charge in [0.1, 0.15) is 5.52 Å². The third kappa shape index (κ3) is 2.89. The normalized spacial score (nSPS) is 10.8. The Balaban J connectivity index is 1.88. The molecule has 0 amide bonds. The molecule has 0 aliphatic rings. The second-order valence-electron chi connectivity index (χ2n) is 4.95. The molecule has 0 bridgehead atoms. The van der Waals surface area contributed by atoms with Gasteiger partial charge in [-0.1, -0.05) is 29.8 Å². The van der Waals surface area contributed by atoms with Crippen LogP contribution in [-0.4, -0.2) is 16.1 Å². The van der Waals surface area contributed by atoms with Crippen LogP contribution in [-0.2, 0) is 11.2 Å². The molecule has 1 aromatic heterocycles. The number of nitrogens with zero attached hydrogens (tertiary/aromatic N) is 1. The SMILES string of the molecule is Cc1cccc2oc(Nc3ccc(CC(=O)O)cc3Cl)nc12. The van der Waals surface area contributed by atoms with Gasteiger partial charge in [0.25, 0.3) is 6.01 Å². The van der Waals surface area contributed by atoms with Crippen molar-refractivity contribution in [3.8, 4) is 0 Å². The van der Waals surface area contributed by atoms with Crippen molar-refractivity contribution in [3.63, 3.8) is 0 Å². The molecule has 0 aliphatic carbocycles. The molecule has 0 atom stereocenters. The minimum Gasteiger partial charge on any atom is -0.481 e. The molecule has 22 heavy (non-hydrogen) atoms. The molecular formula is C16H13ClN2O3. The lowest BCUT2D eigenvalue weighted by molar-refractivity contribution is -0.136. The average molecular weight is 317 g/mol. The Kier molecular flexibility index (Phi) is 3.73. The highest BCUT2D eigenvalue weighted by atomic mass is 35.5. The number of aromatic nitrogens is 1. The van der Waals surface area contributed by atoms with E-state index in [1.165, 1.54) is 0 Å². The number of halogens is 1. The van der Waals surface area contributed by atoms with Gasteiger partial charge in [-0.3, -0.25) is 4.79 Å². The van der Waals surface area contributed by atoms with Crippen molar-refractivity contribution in [2.75, 3.05) is 5.32 Å². The first kappa shape index (κ1) is 14.4. The average Bonchev–Trinajstić information content (AvgIpc) is 2.85. The van der Waals surface area contributed by atoms with E-state index in [-0.39, 0.29) is 6.42 Å². The van der Waals surface area contributed by atoms with Gasteiger partial charge in [0.15, 0.2) is 5.58 Å². The Morgan fingerprint density at radius 1 is 1.36 bits per heavy atom. The van der Waals surface area contributed by atoms with Gasteiger partial charge in [-0.15, -0.1) is 0 Å². The Hall–Kier alpha value is -2.53. The number of aliphatic carboxylic acids is 1. The molecule has 0 saturated heterocycles. The fraction of sp³-hybridized carbons (Fsp3) is 0.125. The molecule has 0 spiro atoms. The molecule has 5 nitrogen and oxygen atoms in total. The summed E-state index contributed by atoms with van der Waals surface area (Å²) in [5, 5.41) is 12.2. The van der Waals surface area contributed by atoms with Crippen LogP contribution in [0.1, 0.15) is 11.1 Å². The predicted molar refractivity (Wildman–Crippen MR) is 84.8 cm³/mol. The number of rotatable bonds is 4. The molecule has 1 heterocycles. The van der Waals surface area contributed by atoms with E-state index in [1.807, 2.05) is 25.1 Å². The Labute approximate surface area is 131 Å². The number of carboxylic acids is 1. The van der Waals surface area contributed by atoms with Crippen LogP contribution in [0.2, 0.25) is 5.02 Å². The number of benzene rings is 2. The summed E-state index contributed by atoms with van der Waals surface area (Å²) in [5.41, 5.74) is 3.76. The smallest absolute Gasteiger partial charge is 0.307 e. The maximum Gasteiger partial charge on any atom is 0.307 e. The van der Waals surface area contributed by atoms with E-state index in [9.17, 15) is 4.79 Å². The highest BCUT2D eigenvalue weighted by Crippen LogP contribution is 2.29. The summed E-state index contributed by atoms with van der Waals surface area (Å²) in [4.78, 5) is 15.1. The van der Waals surface area contributed by atoms with Crippen LogP contribution in [0.25, 0.3) is 11.1 Å². The quantitative estimate of drug-likeness (QED) is 0.756. The van der Waals surface area contributed by atoms with Crippen LogP contribution in [0.4, 0.5) is 11.7 Å². The zero-order valence-corrected chi connectivity index (χ0v) is 12.5. The molecule has 0 fully saturated rings. The number of hydrogen-bond donors (Lipinski definition) is 2. The second-order valence-corrected chi connectivity index (χ2v) is 5.36. The molecule has 2 N–H and O–H groups in total. The summed E-state index contributed by atoms with van der Waals surface area (Å²) < 4.78 is 5.63. The lowest BCUT2D eigenvalue weighted by Crippen LogP contribution is -2.00. The maximum atomic E-state index is 10.7. The maximum absolute atomic E-state index is 10.7. The third-order valence-corrected chi connectivity index (χ3v) is 3.56. The molecule has 2 aromatic carbocycles. The van der Waals surface area contributed by atoms with Crippen LogP contribution >= 0.6 is 11.6 Å². The summed E-state index contributed by atoms with van der Waals surface area (Å²) in [5.74, 6) is -0.897. The first-order valence-corrected chi connectivity index (χ1v) is 7.04. The van der Waals surface area contributed by atoms with Crippen molar-refractivity contribution in [3.05, 3.63) is 52.5 Å². The van der Waals surface area contributed by atoms with Gasteiger partial charge in [0, 0.05) is 0 Å². The zero-order chi connectivity index (χ0) is 15.7. The molecule has 112 valence electrons. The molecule has 0 radical (unpaired) electrons. The predicted octanol–water partition coefficient (Wildman–Crippen LogP) is 4.16. The summed E-state index contributed by atoms with van der Waals surface area (Å²) in [6.45, 7) is 1.96. The standard InChI is InChI=1S/C16H13ClN2O3/c1-9-3-2-4-13-15(9)19-16(22-13)18-12-6-5-10(7-11(12)17)8-14(20)21/h2-7H,8H2,1H3,(H,18,19)(H,20,21). The van der Waals surface area contributed by atoms with Crippen molar-refractivity contribution in [2.24, 2.45) is 0 Å². The van der Waals surface area contributed by atoms with Crippen LogP contribution in [0, 0.1) is 6.92 Å². The number of aryl methyl sites for hydroxylation is 1. The number of carboxylic acid groups (broad SMARTS) is 1. The van der Waals surface area contributed by atoms with E-state index >= 15 is 0 Å². The van der Waals surface area contributed by atoms with E-state index in [1.54, 1.807) is 18.2 Å². The lowest BCUT2D eigenvalue weighted by atomic mass is 10.1. The molecule has 0 unspecified atom stereocenters. The van der Waals surface area contributed by atoms with Gasteiger partial charge in [0.05, 0.1) is 17.1 Å². The fourth-order valence-corrected chi connectivity index (χ4v) is 2.45. The fourth-order valence-electron chi connectivity index (χ4n) is 2.20. The van der Waals surface area contributed by atoms with Crippen LogP contribution in [0.3, 0.4) is 0 Å². The number of hydrogen-bond acceptors (Lipinski definition) is 4. The van der Waals surface area contributed by atoms with E-state index in [0.717, 1.165) is 11.1 Å². The number of nitrogens with one attached hydrogen (secondary N) is 1. The molecule has 0 saturated carbocycles. The van der Waals surface area contributed by atoms with Crippen molar-refractivity contribution in [2.45, 2.75) is 13.3 Å². The number of anilines is 2. The first-order chi connectivity index (χ1) is 10.5. The van der Waals surface area contributed by atoms with Crippen molar-refractivity contribution in [1.82, 2.24) is 4.98 Å². The van der Waals surface area contributed by atoms with E-state index in [2.05, 4.69) is 10.3 Å². The third-order valence-electron chi connectivity index (χ3n) is 3.25. The largest absolute Gasteiger partial charge is 0.481 e. The zero-order valence-electron chi connectivity index (χ0n) is 11.8. The van der Waals surface area contributed by atoms with Gasteiger partial charge in [-0.05, 0) is 36.2 Å². The van der Waals surface area contributed by atoms with Gasteiger partial charge in [0.2, 0.25) is 0 Å². The summed E-state index contributed by atoms with van der Waals surface area (Å²) in [7, 11) is 0. The summed E-state index contributed by atoms with van der Waals surface area (Å²) >= 11 is 6.17. The highest BCUT2D eigenvalue weighted by Gasteiger charge is 2.10. The van der Waals surface area contributed by atoms with Crippen LogP contribution in [0.5, 0.6) is 0 Å². The van der Waals surface area contributed by atoms with Crippen molar-refractivity contribution >= 4 is 40.4 Å². The molecule has 6 heteroatoms. The second kappa shape index (κ2) is 5.69. The lowest BCUT2D eigenvalue weighted by Gasteiger charge is -2.06. The van der Waals surface area contributed by atoms with E-state index < -0.39 is 5.97 Å². The van der Waals surface area contributed by atoms with Crippen molar-refractivity contribution < 1.29 is 14.3 Å². The van der Waals surface area contributed by atoms with Crippen LogP contribution < -0.4 is 5.32 Å². The Morgan fingerprint density at radius 3 is 2.86 bits per heavy atom. The topological polar surface area (TPSA) is 75.4 Å². The number of oxazole rings is 1. The van der Waals surface area contributed by atoms with E-state index in [4.69, 9.17) is 21.1 Å². The summed E-state index contributed by atoms with van der Waals surface area (Å²) in [6.07, 6.45) is -0.0674. The van der Waals surface area contributed by atoms with Crippen LogP contribution in [0.15, 0.2) is 40.8 Å². The first-order valence-electron chi connectivity index (χ1n) is 6.66. The van der Waals surface area contributed by atoms with Gasteiger partial charge >= 0.3 is 5.97 Å². The van der Waals surface area contributed by atoms with Gasteiger partial charge in [-0.2, -0.15) is 4.98 Å². The van der Waals surface area contributed by atoms with E-state index in [0.29, 0.717) is 27.9 Å². The minimum absolute atomic E-state index is 0.0674. The molecular weight excluding hydrogens is 304 g/mol. The summed E-state index contributed by atoms with van der Waals surface area (Å²) in [6, 6.07) is 11.1. The Morgan fingerprint density at radius 2 is 2.18 bits per heavy atom. The van der Waals surface area contributed by atoms with Gasteiger partial charge < -0.3 is 14.8 Å². The molecule has 0 aliphatic heterocycles. The highest BCUT2D eigenvalue weighted by molar-refractivity contribution is 6.33. The minimum atomic E-state index is -0.897. The van der Waals surface area contributed by atoms with Gasteiger partial charge in [-0.25, -0.2) is 0 Å².